The average molecular weight is 422 g/mol. The first kappa shape index (κ1) is 20.0. The van der Waals surface area contributed by atoms with Gasteiger partial charge in [0.2, 0.25) is 0 Å². The lowest BCUT2D eigenvalue weighted by molar-refractivity contribution is -0.147. The Labute approximate surface area is 177 Å². The number of nitrogens with zero attached hydrogens (tertiary/aromatic N) is 1. The molecule has 0 radical (unpaired) electrons. The van der Waals surface area contributed by atoms with Crippen molar-refractivity contribution < 1.29 is 18.7 Å². The Hall–Kier alpha value is -3.32. The highest BCUT2D eigenvalue weighted by Crippen LogP contribution is 2.47. The molecule has 0 fully saturated rings. The van der Waals surface area contributed by atoms with Crippen molar-refractivity contribution in [2.24, 2.45) is 0 Å². The fourth-order valence-corrected chi connectivity index (χ4v) is 4.30. The molecule has 0 aliphatic carbocycles. The van der Waals surface area contributed by atoms with Crippen LogP contribution in [0.25, 0.3) is 0 Å². The van der Waals surface area contributed by atoms with E-state index < -0.39 is 24.3 Å². The van der Waals surface area contributed by atoms with E-state index in [4.69, 9.17) is 4.74 Å². The average Bonchev–Trinajstić information content (AvgIpc) is 2.75. The molecule has 0 bridgehead atoms. The fourth-order valence-electron chi connectivity index (χ4n) is 3.21. The van der Waals surface area contributed by atoms with E-state index in [2.05, 4.69) is 22.3 Å². The number of fused-ring (bicyclic) bond motifs is 2. The van der Waals surface area contributed by atoms with Gasteiger partial charge < -0.3 is 15.0 Å². The number of hydrogen-bond acceptors (Lipinski definition) is 5. The minimum atomic E-state index is -0.515. The predicted octanol–water partition coefficient (Wildman–Crippen LogP) is 5.00. The van der Waals surface area contributed by atoms with Crippen LogP contribution in [-0.2, 0) is 14.3 Å². The van der Waals surface area contributed by atoms with Crippen molar-refractivity contribution in [2.45, 2.75) is 16.2 Å². The van der Waals surface area contributed by atoms with Crippen LogP contribution in [0.3, 0.4) is 0 Å². The molecule has 1 N–H and O–H groups in total. The minimum Gasteiger partial charge on any atom is -0.456 e. The van der Waals surface area contributed by atoms with Crippen LogP contribution in [0.4, 0.5) is 21.5 Å². The summed E-state index contributed by atoms with van der Waals surface area (Å²) < 4.78 is 18.3. The van der Waals surface area contributed by atoms with Gasteiger partial charge in [0.25, 0.3) is 5.91 Å². The highest BCUT2D eigenvalue weighted by atomic mass is 32.2. The van der Waals surface area contributed by atoms with E-state index in [9.17, 15) is 14.0 Å². The zero-order valence-corrected chi connectivity index (χ0v) is 16.8. The molecule has 4 rings (SSSR count). The molecule has 0 atom stereocenters. The Morgan fingerprint density at radius 2 is 1.60 bits per heavy atom. The second-order valence-electron chi connectivity index (χ2n) is 6.66. The molecule has 7 heteroatoms. The molecular formula is C23H19FN2O3S. The number of hydrogen-bond donors (Lipinski definition) is 1. The number of amides is 1. The molecular weight excluding hydrogens is 403 g/mol. The molecule has 0 saturated carbocycles. The number of nitrogens with one attached hydrogen (secondary N) is 1. The van der Waals surface area contributed by atoms with Gasteiger partial charge in [-0.3, -0.25) is 9.59 Å². The van der Waals surface area contributed by atoms with Crippen LogP contribution < -0.4 is 10.2 Å². The second-order valence-corrected chi connectivity index (χ2v) is 7.74. The van der Waals surface area contributed by atoms with Crippen molar-refractivity contribution in [1.82, 2.24) is 0 Å². The molecule has 1 heterocycles. The van der Waals surface area contributed by atoms with Crippen LogP contribution in [0.15, 0.2) is 82.6 Å². The number of ether oxygens (including phenoxy) is 1. The van der Waals surface area contributed by atoms with Crippen molar-refractivity contribution in [3.63, 3.8) is 0 Å². The summed E-state index contributed by atoms with van der Waals surface area (Å²) in [4.78, 5) is 28.5. The van der Waals surface area contributed by atoms with E-state index in [0.29, 0.717) is 12.2 Å². The largest absolute Gasteiger partial charge is 0.456 e. The fraction of sp³-hybridized carbons (Fsp3) is 0.130. The Bertz CT molecular complexity index is 1040. The molecule has 0 spiro atoms. The van der Waals surface area contributed by atoms with Gasteiger partial charge in [-0.1, -0.05) is 42.1 Å². The minimum absolute atomic E-state index is 0.126. The monoisotopic (exact) mass is 422 g/mol. The molecule has 3 aromatic carbocycles. The van der Waals surface area contributed by atoms with Crippen LogP contribution in [0.5, 0.6) is 0 Å². The van der Waals surface area contributed by atoms with Gasteiger partial charge in [-0.05, 0) is 42.5 Å². The third-order valence-electron chi connectivity index (χ3n) is 4.54. The maximum Gasteiger partial charge on any atom is 0.308 e. The standard InChI is InChI=1S/C23H19FN2O3S/c24-16-6-5-7-17(14-16)25-22(27)15-29-23(28)12-13-26-18-8-1-3-10-20(18)30-21-11-4-2-9-19(21)26/h1-11,14H,12-13,15H2,(H,25,27). The Morgan fingerprint density at radius 1 is 0.933 bits per heavy atom. The molecule has 0 aromatic heterocycles. The van der Waals surface area contributed by atoms with Crippen LogP contribution in [0, 0.1) is 5.82 Å². The first-order valence-electron chi connectivity index (χ1n) is 9.44. The van der Waals surface area contributed by atoms with Crippen molar-refractivity contribution in [3.8, 4) is 0 Å². The summed E-state index contributed by atoms with van der Waals surface area (Å²) in [5.41, 5.74) is 2.39. The van der Waals surface area contributed by atoms with E-state index >= 15 is 0 Å². The SMILES string of the molecule is O=C(COC(=O)CCN1c2ccccc2Sc2ccccc21)Nc1cccc(F)c1. The van der Waals surface area contributed by atoms with Crippen LogP contribution in [0.1, 0.15) is 6.42 Å². The number of anilines is 3. The molecule has 30 heavy (non-hydrogen) atoms. The zero-order valence-electron chi connectivity index (χ0n) is 16.0. The lowest BCUT2D eigenvalue weighted by Gasteiger charge is -2.32. The van der Waals surface area contributed by atoms with Crippen molar-refractivity contribution in [2.75, 3.05) is 23.4 Å². The van der Waals surface area contributed by atoms with Gasteiger partial charge in [0.1, 0.15) is 5.82 Å². The topological polar surface area (TPSA) is 58.6 Å². The number of halogens is 1. The Morgan fingerprint density at radius 3 is 2.27 bits per heavy atom. The summed E-state index contributed by atoms with van der Waals surface area (Å²) in [6.07, 6.45) is 0.126. The molecule has 3 aromatic rings. The second kappa shape index (κ2) is 9.00. The number of benzene rings is 3. The van der Waals surface area contributed by atoms with Crippen LogP contribution >= 0.6 is 11.8 Å². The highest BCUT2D eigenvalue weighted by molar-refractivity contribution is 7.99. The summed E-state index contributed by atoms with van der Waals surface area (Å²) in [5.74, 6) is -1.44. The van der Waals surface area contributed by atoms with Gasteiger partial charge in [0.05, 0.1) is 17.8 Å². The first-order chi connectivity index (χ1) is 14.6. The number of carbonyl (C=O) groups is 2. The summed E-state index contributed by atoms with van der Waals surface area (Å²) in [5, 5.41) is 2.50. The third kappa shape index (κ3) is 4.63. The molecule has 152 valence electrons. The molecule has 0 unspecified atom stereocenters. The van der Waals surface area contributed by atoms with Crippen LogP contribution in [0.2, 0.25) is 0 Å². The Balaban J connectivity index is 1.35. The van der Waals surface area contributed by atoms with E-state index in [1.54, 1.807) is 17.8 Å². The predicted molar refractivity (Wildman–Crippen MR) is 115 cm³/mol. The first-order valence-corrected chi connectivity index (χ1v) is 10.3. The Kier molecular flexibility index (Phi) is 5.99. The van der Waals surface area contributed by atoms with Gasteiger partial charge >= 0.3 is 5.97 Å². The van der Waals surface area contributed by atoms with Crippen LogP contribution in [-0.4, -0.2) is 25.0 Å². The van der Waals surface area contributed by atoms with Crippen molar-refractivity contribution in [1.29, 1.82) is 0 Å². The van der Waals surface area contributed by atoms with Crippen molar-refractivity contribution in [3.05, 3.63) is 78.6 Å². The lowest BCUT2D eigenvalue weighted by Crippen LogP contribution is -2.26. The normalized spacial score (nSPS) is 12.0. The molecule has 1 aliphatic rings. The van der Waals surface area contributed by atoms with Gasteiger partial charge in [-0.2, -0.15) is 0 Å². The molecule has 5 nitrogen and oxygen atoms in total. The lowest BCUT2D eigenvalue weighted by atomic mass is 10.2. The molecule has 1 aliphatic heterocycles. The van der Waals surface area contributed by atoms with E-state index in [1.807, 2.05) is 36.4 Å². The summed E-state index contributed by atoms with van der Waals surface area (Å²) in [7, 11) is 0. The smallest absolute Gasteiger partial charge is 0.308 e. The molecule has 1 amide bonds. The molecule has 0 saturated heterocycles. The zero-order chi connectivity index (χ0) is 20.9. The maximum absolute atomic E-state index is 13.2. The van der Waals surface area contributed by atoms with Gasteiger partial charge in [0.15, 0.2) is 6.61 Å². The maximum atomic E-state index is 13.2. The third-order valence-corrected chi connectivity index (χ3v) is 5.67. The number of esters is 1. The van der Waals surface area contributed by atoms with E-state index in [0.717, 1.165) is 21.2 Å². The number of para-hydroxylation sites is 2. The quantitative estimate of drug-likeness (QED) is 0.567. The van der Waals surface area contributed by atoms with Gasteiger partial charge in [-0.25, -0.2) is 4.39 Å². The van der Waals surface area contributed by atoms with E-state index in [-0.39, 0.29) is 6.42 Å². The highest BCUT2D eigenvalue weighted by Gasteiger charge is 2.23. The van der Waals surface area contributed by atoms with Gasteiger partial charge in [-0.15, -0.1) is 0 Å². The summed E-state index contributed by atoms with van der Waals surface area (Å²) >= 11 is 1.70. The van der Waals surface area contributed by atoms with E-state index in [1.165, 1.54) is 18.2 Å². The summed E-state index contributed by atoms with van der Waals surface area (Å²) in [6, 6.07) is 21.6. The van der Waals surface area contributed by atoms with Gasteiger partial charge in [0, 0.05) is 22.0 Å². The van der Waals surface area contributed by atoms with Crippen molar-refractivity contribution >= 4 is 40.7 Å². The number of carbonyl (C=O) groups excluding carboxylic acids is 2. The summed E-state index contributed by atoms with van der Waals surface area (Å²) in [6.45, 7) is 0.0112. The number of rotatable bonds is 6.